The smallest absolute Gasteiger partial charge is 0.436 e. The zero-order chi connectivity index (χ0) is 34.0. The average Bonchev–Trinajstić information content (AvgIpc) is 3.28. The molecule has 226 valence electrons. The summed E-state index contributed by atoms with van der Waals surface area (Å²) < 4.78 is 178. The van der Waals surface area contributed by atoms with Crippen LogP contribution in [0.5, 0.6) is 5.88 Å². The average molecular weight is 644 g/mol. The quantitative estimate of drug-likeness (QED) is 0.376. The second-order valence-electron chi connectivity index (χ2n) is 9.28. The molecule has 1 aliphatic carbocycles. The van der Waals surface area contributed by atoms with E-state index in [0.29, 0.717) is 11.8 Å². The van der Waals surface area contributed by atoms with Gasteiger partial charge in [0.1, 0.15) is 10.6 Å². The lowest BCUT2D eigenvalue weighted by Gasteiger charge is -2.33. The van der Waals surface area contributed by atoms with Crippen LogP contribution in [0, 0.1) is 29.5 Å². The van der Waals surface area contributed by atoms with E-state index >= 15 is 0 Å². The van der Waals surface area contributed by atoms with Crippen LogP contribution in [-0.2, 0) is 39.1 Å². The van der Waals surface area contributed by atoms with Crippen LogP contribution in [0.4, 0.5) is 36.4 Å². The van der Waals surface area contributed by atoms with Crippen molar-refractivity contribution in [3.8, 4) is 11.9 Å². The number of pyridine rings is 1. The van der Waals surface area contributed by atoms with Crippen LogP contribution >= 0.6 is 0 Å². The Morgan fingerprint density at radius 1 is 1.14 bits per heavy atom. The lowest BCUT2D eigenvalue weighted by Crippen LogP contribution is -2.42. The van der Waals surface area contributed by atoms with Crippen molar-refractivity contribution >= 4 is 25.7 Å². The molecule has 0 unspecified atom stereocenters. The number of anilines is 1. The molecule has 0 saturated carbocycles. The summed E-state index contributed by atoms with van der Waals surface area (Å²) in [6, 6.07) is 5.99. The lowest BCUT2D eigenvalue weighted by molar-refractivity contribution is -0.206. The minimum atomic E-state index is -5.47. The fourth-order valence-corrected chi connectivity index (χ4v) is 7.21. The molecule has 0 bridgehead atoms. The molecule has 0 radical (unpaired) electrons. The molecule has 1 N–H and O–H groups in total. The molecule has 1 atom stereocenters. The molecule has 42 heavy (non-hydrogen) atoms. The molecule has 18 heteroatoms. The maximum atomic E-state index is 14.4. The van der Waals surface area contributed by atoms with Crippen molar-refractivity contribution in [2.75, 3.05) is 11.8 Å². The Labute approximate surface area is 238 Å². The van der Waals surface area contributed by atoms with Crippen molar-refractivity contribution in [1.82, 2.24) is 8.96 Å². The first-order chi connectivity index (χ1) is 20.4. The molecule has 9 nitrogen and oxygen atoms in total. The maximum absolute atomic E-state index is 14.4. The van der Waals surface area contributed by atoms with Crippen molar-refractivity contribution < 1.29 is 56.4 Å². The molecule has 0 fully saturated rings. The SMILES string of the molecule is [2H]C([2H])([2H])Oc1nc(C(F)(F)F)c(F)cc1NS(=O)(=O)c1cn(S(=O)(=O)c2ccc(C)cc2)c2c1CC[C@](C#N)(C(F)(F)F)C2. The van der Waals surface area contributed by atoms with Gasteiger partial charge in [-0.2, -0.15) is 31.6 Å². The Hall–Kier alpha value is -3.85. The molecular formula is C24H19F7N4O5S2. The van der Waals surface area contributed by atoms with Crippen LogP contribution in [0.1, 0.15) is 33.0 Å². The highest BCUT2D eigenvalue weighted by Crippen LogP contribution is 2.49. The first-order valence-corrected chi connectivity index (χ1v) is 14.4. The number of alkyl halides is 6. The van der Waals surface area contributed by atoms with Gasteiger partial charge in [0.25, 0.3) is 20.0 Å². The van der Waals surface area contributed by atoms with Gasteiger partial charge in [0.05, 0.1) is 22.1 Å². The van der Waals surface area contributed by atoms with Gasteiger partial charge in [0, 0.05) is 24.4 Å². The number of rotatable bonds is 6. The first-order valence-electron chi connectivity index (χ1n) is 12.9. The Morgan fingerprint density at radius 3 is 2.33 bits per heavy atom. The zero-order valence-electron chi connectivity index (χ0n) is 23.9. The molecular weight excluding hydrogens is 621 g/mol. The van der Waals surface area contributed by atoms with Crippen LogP contribution in [0.25, 0.3) is 0 Å². The highest BCUT2D eigenvalue weighted by atomic mass is 32.2. The van der Waals surface area contributed by atoms with E-state index in [1.165, 1.54) is 12.1 Å². The van der Waals surface area contributed by atoms with E-state index in [2.05, 4.69) is 9.72 Å². The van der Waals surface area contributed by atoms with Crippen molar-refractivity contribution in [3.05, 3.63) is 64.9 Å². The van der Waals surface area contributed by atoms with Gasteiger partial charge < -0.3 is 4.74 Å². The largest absolute Gasteiger partial charge is 0.479 e. The number of benzene rings is 1. The predicted octanol–water partition coefficient (Wildman–Crippen LogP) is 4.96. The van der Waals surface area contributed by atoms with Gasteiger partial charge in [-0.3, -0.25) is 4.72 Å². The minimum absolute atomic E-state index is 0.0781. The summed E-state index contributed by atoms with van der Waals surface area (Å²) >= 11 is 0. The van der Waals surface area contributed by atoms with Crippen LogP contribution < -0.4 is 9.46 Å². The molecule has 3 aromatic rings. The van der Waals surface area contributed by atoms with Gasteiger partial charge in [-0.1, -0.05) is 17.7 Å². The van der Waals surface area contributed by atoms with Crippen LogP contribution in [0.3, 0.4) is 0 Å². The number of hydrogen-bond acceptors (Lipinski definition) is 7. The van der Waals surface area contributed by atoms with Gasteiger partial charge in [0.15, 0.2) is 16.9 Å². The molecule has 1 aromatic carbocycles. The second-order valence-corrected chi connectivity index (χ2v) is 12.7. The molecule has 0 amide bonds. The molecule has 2 heterocycles. The van der Waals surface area contributed by atoms with E-state index in [-0.39, 0.29) is 10.0 Å². The molecule has 0 saturated heterocycles. The third-order valence-corrected chi connectivity index (χ3v) is 9.72. The fourth-order valence-electron chi connectivity index (χ4n) is 4.39. The van der Waals surface area contributed by atoms with Crippen LogP contribution in [-0.4, -0.2) is 39.0 Å². The van der Waals surface area contributed by atoms with E-state index in [0.717, 1.165) is 18.2 Å². The van der Waals surface area contributed by atoms with Crippen molar-refractivity contribution in [3.63, 3.8) is 0 Å². The van der Waals surface area contributed by atoms with Crippen molar-refractivity contribution in [1.29, 1.82) is 5.26 Å². The number of fused-ring (bicyclic) bond motifs is 1. The molecule has 2 aromatic heterocycles. The topological polar surface area (TPSA) is 131 Å². The zero-order valence-corrected chi connectivity index (χ0v) is 22.6. The molecule has 0 spiro atoms. The van der Waals surface area contributed by atoms with E-state index in [1.807, 2.05) is 0 Å². The number of nitriles is 1. The third-order valence-electron chi connectivity index (χ3n) is 6.59. The van der Waals surface area contributed by atoms with E-state index in [9.17, 15) is 52.8 Å². The van der Waals surface area contributed by atoms with E-state index < -0.39 is 108 Å². The predicted molar refractivity (Wildman–Crippen MR) is 131 cm³/mol. The summed E-state index contributed by atoms with van der Waals surface area (Å²) in [5, 5.41) is 9.49. The molecule has 1 aliphatic rings. The van der Waals surface area contributed by atoms with Crippen LogP contribution in [0.2, 0.25) is 0 Å². The summed E-state index contributed by atoms with van der Waals surface area (Å²) in [4.78, 5) is 1.31. The van der Waals surface area contributed by atoms with E-state index in [1.54, 1.807) is 11.6 Å². The van der Waals surface area contributed by atoms with Gasteiger partial charge in [-0.15, -0.1) is 0 Å². The number of sulfonamides is 1. The Morgan fingerprint density at radius 2 is 1.79 bits per heavy atom. The van der Waals surface area contributed by atoms with Gasteiger partial charge in [-0.25, -0.2) is 30.2 Å². The Balaban J connectivity index is 1.94. The number of aromatic nitrogens is 2. The van der Waals surface area contributed by atoms with Gasteiger partial charge in [0.2, 0.25) is 5.88 Å². The highest BCUT2D eigenvalue weighted by molar-refractivity contribution is 7.93. The first kappa shape index (κ1) is 27.0. The summed E-state index contributed by atoms with van der Waals surface area (Å²) in [7, 11) is -13.6. The van der Waals surface area contributed by atoms with Gasteiger partial charge in [-0.05, 0) is 37.5 Å². The summed E-state index contributed by atoms with van der Waals surface area (Å²) in [5.74, 6) is -3.68. The number of nitrogens with one attached hydrogen (secondary N) is 1. The number of hydrogen-bond donors (Lipinski definition) is 1. The van der Waals surface area contributed by atoms with Gasteiger partial charge >= 0.3 is 12.4 Å². The normalized spacial score (nSPS) is 19.2. The van der Waals surface area contributed by atoms with Crippen LogP contribution in [0.15, 0.2) is 46.3 Å². The van der Waals surface area contributed by atoms with Crippen molar-refractivity contribution in [2.45, 2.75) is 48.3 Å². The standard InChI is InChI=1S/C24H19F7N4O5S2/c1-13-3-5-14(6-4-13)42(38,39)35-11-19(15-7-8-22(12-32,10-18(15)35)24(29,30)31)41(36,37)34-17-9-16(25)20(23(26,27)28)33-21(17)40-2/h3-6,9,11,34H,7-8,10H2,1-2H3/t22-/m0/s1/i2D3. The van der Waals surface area contributed by atoms with Crippen molar-refractivity contribution in [2.24, 2.45) is 5.41 Å². The number of nitrogens with zero attached hydrogens (tertiary/aromatic N) is 3. The Kier molecular flexibility index (Phi) is 6.53. The summed E-state index contributed by atoms with van der Waals surface area (Å²) in [6.45, 7) is 1.61. The Bertz CT molecular complexity index is 1920. The monoisotopic (exact) mass is 643 g/mol. The molecule has 4 rings (SSSR count). The second kappa shape index (κ2) is 10.2. The number of aryl methyl sites for hydroxylation is 1. The highest BCUT2D eigenvalue weighted by Gasteiger charge is 2.58. The summed E-state index contributed by atoms with van der Waals surface area (Å²) in [5.41, 5.74) is -7.24. The number of methoxy groups -OCH3 is 1. The summed E-state index contributed by atoms with van der Waals surface area (Å²) in [6.07, 6.45) is -13.3. The maximum Gasteiger partial charge on any atom is 0.436 e. The molecule has 0 aliphatic heterocycles. The minimum Gasteiger partial charge on any atom is -0.479 e. The lowest BCUT2D eigenvalue weighted by atomic mass is 9.74. The fraction of sp³-hybridized carbons (Fsp3) is 0.333. The number of ether oxygens (including phenoxy) is 1. The third kappa shape index (κ3) is 5.26. The number of halogens is 7. The van der Waals surface area contributed by atoms with E-state index in [4.69, 9.17) is 4.11 Å².